The third-order valence-corrected chi connectivity index (χ3v) is 14.8. The fourth-order valence-electron chi connectivity index (χ4n) is 2.65. The van der Waals surface area contributed by atoms with Crippen molar-refractivity contribution in [3.8, 4) is 0 Å². The van der Waals surface area contributed by atoms with E-state index in [-0.39, 0.29) is 0 Å². The van der Waals surface area contributed by atoms with Gasteiger partial charge in [-0.05, 0) is 55.9 Å². The lowest BCUT2D eigenvalue weighted by Gasteiger charge is -2.35. The summed E-state index contributed by atoms with van der Waals surface area (Å²) >= 11 is 0. The fourth-order valence-corrected chi connectivity index (χ4v) is 8.09. The van der Waals surface area contributed by atoms with Crippen LogP contribution < -0.4 is 0 Å². The second-order valence-corrected chi connectivity index (χ2v) is 21.2. The molecule has 23 heavy (non-hydrogen) atoms. The van der Waals surface area contributed by atoms with Crippen LogP contribution in [-0.4, -0.2) is 25.0 Å². The zero-order valence-electron chi connectivity index (χ0n) is 17.0. The molecule has 0 amide bonds. The van der Waals surface area contributed by atoms with Crippen molar-refractivity contribution in [2.24, 2.45) is 0 Å². The van der Waals surface area contributed by atoms with Gasteiger partial charge in [0.2, 0.25) is 8.32 Å². The van der Waals surface area contributed by atoms with Crippen LogP contribution in [0.15, 0.2) is 12.2 Å². The van der Waals surface area contributed by atoms with Crippen LogP contribution in [-0.2, 0) is 13.3 Å². The van der Waals surface area contributed by atoms with Crippen LogP contribution in [0.3, 0.4) is 0 Å². The number of hydrogen-bond acceptors (Lipinski definition) is 3. The van der Waals surface area contributed by atoms with Gasteiger partial charge in [-0.2, -0.15) is 0 Å². The summed E-state index contributed by atoms with van der Waals surface area (Å²) in [6, 6.07) is 6.71. The van der Waals surface area contributed by atoms with Gasteiger partial charge in [0.15, 0.2) is 0 Å². The van der Waals surface area contributed by atoms with Gasteiger partial charge in [-0.15, -0.1) is 0 Å². The highest BCUT2D eigenvalue weighted by Gasteiger charge is 2.37. The average Bonchev–Trinajstić information content (AvgIpc) is 2.54. The second-order valence-electron chi connectivity index (χ2n) is 7.36. The third-order valence-electron chi connectivity index (χ3n) is 5.01. The lowest BCUT2D eigenvalue weighted by atomic mass is 10.9. The first-order chi connectivity index (χ1) is 10.6. The predicted molar refractivity (Wildman–Crippen MR) is 109 cm³/mol. The van der Waals surface area contributed by atoms with Crippen LogP contribution >= 0.6 is 0 Å². The molecule has 0 aromatic rings. The zero-order valence-corrected chi connectivity index (χ0v) is 20.0. The quantitative estimate of drug-likeness (QED) is 0.281. The molecule has 0 saturated heterocycles. The molecule has 6 heteroatoms. The van der Waals surface area contributed by atoms with Crippen LogP contribution in [0.1, 0.15) is 41.5 Å². The molecule has 0 fully saturated rings. The topological polar surface area (TPSA) is 27.7 Å². The summed E-state index contributed by atoms with van der Waals surface area (Å²) in [6.45, 7) is 20.1. The van der Waals surface area contributed by atoms with Crippen molar-refractivity contribution >= 4 is 25.0 Å². The Balaban J connectivity index is 5.47. The molecular weight excluding hydrogens is 336 g/mol. The number of hydrogen-bond donors (Lipinski definition) is 0. The van der Waals surface area contributed by atoms with Crippen molar-refractivity contribution < 1.29 is 13.3 Å². The average molecular weight is 377 g/mol. The third kappa shape index (κ3) is 7.47. The maximum Gasteiger partial charge on any atom is 0.286 e. The molecule has 0 radical (unpaired) electrons. The maximum atomic E-state index is 6.55. The molecule has 0 bridgehead atoms. The van der Waals surface area contributed by atoms with E-state index in [2.05, 4.69) is 61.2 Å². The van der Waals surface area contributed by atoms with Crippen molar-refractivity contribution in [2.75, 3.05) is 0 Å². The standard InChI is InChI=1S/C17H40O3Si3/c1-10-22(11-2,12-3)19-17(16-18-21(7,8)9)20-23(13-4,14-5)15-6/h16H,10-15H2,1-9H3. The Bertz CT molecular complexity index is 316. The van der Waals surface area contributed by atoms with Crippen molar-refractivity contribution in [1.82, 2.24) is 0 Å². The molecule has 0 atom stereocenters. The Morgan fingerprint density at radius 3 is 1.17 bits per heavy atom. The summed E-state index contributed by atoms with van der Waals surface area (Å²) in [5.74, 6) is 0.682. The molecule has 0 saturated carbocycles. The van der Waals surface area contributed by atoms with Crippen molar-refractivity contribution in [3.63, 3.8) is 0 Å². The largest absolute Gasteiger partial charge is 0.545 e. The van der Waals surface area contributed by atoms with Gasteiger partial charge in [-0.25, -0.2) is 0 Å². The van der Waals surface area contributed by atoms with Gasteiger partial charge >= 0.3 is 0 Å². The Hall–Kier alpha value is -0.209. The number of rotatable bonds is 12. The van der Waals surface area contributed by atoms with E-state index >= 15 is 0 Å². The van der Waals surface area contributed by atoms with Crippen LogP contribution in [0.5, 0.6) is 0 Å². The Morgan fingerprint density at radius 1 is 0.652 bits per heavy atom. The summed E-state index contributed by atoms with van der Waals surface area (Å²) < 4.78 is 19.1. The summed E-state index contributed by atoms with van der Waals surface area (Å²) in [5.41, 5.74) is 0. The van der Waals surface area contributed by atoms with Gasteiger partial charge in [0.05, 0.1) is 0 Å². The Kier molecular flexibility index (Phi) is 9.84. The van der Waals surface area contributed by atoms with E-state index in [1.165, 1.54) is 0 Å². The van der Waals surface area contributed by atoms with E-state index < -0.39 is 25.0 Å². The van der Waals surface area contributed by atoms with Gasteiger partial charge in [0.25, 0.3) is 22.6 Å². The van der Waals surface area contributed by atoms with E-state index in [1.54, 1.807) is 6.26 Å². The minimum Gasteiger partial charge on any atom is -0.545 e. The van der Waals surface area contributed by atoms with Crippen molar-refractivity contribution in [2.45, 2.75) is 97.4 Å². The lowest BCUT2D eigenvalue weighted by Crippen LogP contribution is -2.41. The van der Waals surface area contributed by atoms with Gasteiger partial charge in [0, 0.05) is 0 Å². The molecule has 0 aromatic carbocycles. The summed E-state index contributed by atoms with van der Waals surface area (Å²) in [7, 11) is -5.14. The first-order valence-electron chi connectivity index (χ1n) is 9.41. The van der Waals surface area contributed by atoms with E-state index in [9.17, 15) is 0 Å². The van der Waals surface area contributed by atoms with Crippen LogP contribution in [0.4, 0.5) is 0 Å². The smallest absolute Gasteiger partial charge is 0.286 e. The van der Waals surface area contributed by atoms with Crippen LogP contribution in [0.25, 0.3) is 0 Å². The lowest BCUT2D eigenvalue weighted by molar-refractivity contribution is 0.188. The molecule has 0 aromatic heterocycles. The maximum absolute atomic E-state index is 6.55. The highest BCUT2D eigenvalue weighted by atomic mass is 28.4. The molecule has 138 valence electrons. The molecular formula is C17H40O3Si3. The van der Waals surface area contributed by atoms with E-state index in [0.29, 0.717) is 5.95 Å². The predicted octanol–water partition coefficient (Wildman–Crippen LogP) is 6.68. The minimum atomic E-state index is -1.75. The molecule has 0 heterocycles. The molecule has 0 spiro atoms. The summed E-state index contributed by atoms with van der Waals surface area (Å²) in [4.78, 5) is 0. The van der Waals surface area contributed by atoms with Gasteiger partial charge in [-0.1, -0.05) is 41.5 Å². The van der Waals surface area contributed by atoms with Crippen LogP contribution in [0.2, 0.25) is 55.9 Å². The molecule has 0 aliphatic heterocycles. The first kappa shape index (κ1) is 22.8. The second kappa shape index (κ2) is 9.94. The summed E-state index contributed by atoms with van der Waals surface area (Å²) in [6.07, 6.45) is 1.80. The highest BCUT2D eigenvalue weighted by molar-refractivity contribution is 6.75. The van der Waals surface area contributed by atoms with E-state index in [1.807, 2.05) is 0 Å². The fraction of sp³-hybridized carbons (Fsp3) is 0.882. The normalized spacial score (nSPS) is 12.7. The Morgan fingerprint density at radius 2 is 0.957 bits per heavy atom. The van der Waals surface area contributed by atoms with Crippen molar-refractivity contribution in [1.29, 1.82) is 0 Å². The minimum absolute atomic E-state index is 0.682. The van der Waals surface area contributed by atoms with Gasteiger partial charge < -0.3 is 13.3 Å². The SMILES string of the molecule is CC[Si](CC)(CC)OC(=CO[Si](C)(C)C)O[Si](CC)(CC)CC. The Labute approximate surface area is 148 Å². The zero-order chi connectivity index (χ0) is 18.1. The molecule has 0 aliphatic carbocycles. The first-order valence-corrected chi connectivity index (χ1v) is 17.9. The molecule has 0 unspecified atom stereocenters. The van der Waals surface area contributed by atoms with Crippen LogP contribution in [0, 0.1) is 0 Å². The van der Waals surface area contributed by atoms with Gasteiger partial charge in [-0.3, -0.25) is 0 Å². The monoisotopic (exact) mass is 376 g/mol. The molecule has 0 aliphatic rings. The van der Waals surface area contributed by atoms with Gasteiger partial charge in [0.1, 0.15) is 6.26 Å². The highest BCUT2D eigenvalue weighted by Crippen LogP contribution is 2.30. The van der Waals surface area contributed by atoms with E-state index in [4.69, 9.17) is 13.3 Å². The molecule has 0 N–H and O–H groups in total. The van der Waals surface area contributed by atoms with Crippen molar-refractivity contribution in [3.05, 3.63) is 12.2 Å². The summed E-state index contributed by atoms with van der Waals surface area (Å²) in [5, 5.41) is 0. The van der Waals surface area contributed by atoms with E-state index in [0.717, 1.165) is 36.3 Å². The molecule has 3 nitrogen and oxygen atoms in total. The molecule has 0 rings (SSSR count).